The van der Waals surface area contributed by atoms with E-state index in [2.05, 4.69) is 10.3 Å². The van der Waals surface area contributed by atoms with Crippen molar-refractivity contribution < 1.29 is 0 Å². The molecule has 1 aliphatic rings. The van der Waals surface area contributed by atoms with Crippen molar-refractivity contribution >= 4 is 11.8 Å². The van der Waals surface area contributed by atoms with Gasteiger partial charge in [0.2, 0.25) is 0 Å². The van der Waals surface area contributed by atoms with Gasteiger partial charge in [0.05, 0.1) is 5.88 Å². The molecule has 0 aromatic heterocycles. The van der Waals surface area contributed by atoms with E-state index in [1.807, 2.05) is 13.2 Å². The van der Waals surface area contributed by atoms with Gasteiger partial charge in [-0.15, -0.1) is 11.8 Å². The van der Waals surface area contributed by atoms with Crippen LogP contribution in [0.4, 0.5) is 0 Å². The SMILES string of the molecule is CN1C=[C]SC1. The van der Waals surface area contributed by atoms with Crippen LogP contribution >= 0.6 is 11.8 Å². The van der Waals surface area contributed by atoms with Crippen molar-refractivity contribution in [2.75, 3.05) is 12.9 Å². The van der Waals surface area contributed by atoms with Crippen LogP contribution in [0, 0.1) is 5.41 Å². The third kappa shape index (κ3) is 0.684. The topological polar surface area (TPSA) is 3.24 Å². The molecule has 0 atom stereocenters. The third-order valence-electron chi connectivity index (χ3n) is 0.625. The summed E-state index contributed by atoms with van der Waals surface area (Å²) in [6, 6.07) is 0. The maximum absolute atomic E-state index is 2.99. The summed E-state index contributed by atoms with van der Waals surface area (Å²) < 4.78 is 0. The van der Waals surface area contributed by atoms with Gasteiger partial charge >= 0.3 is 0 Å². The highest BCUT2D eigenvalue weighted by Gasteiger charge is 1.94. The lowest BCUT2D eigenvalue weighted by Crippen LogP contribution is -2.02. The smallest absolute Gasteiger partial charge is 0.0678 e. The van der Waals surface area contributed by atoms with Gasteiger partial charge in [-0.3, -0.25) is 0 Å². The highest BCUT2D eigenvalue weighted by Crippen LogP contribution is 2.09. The molecular formula is C4H6NS. The number of hydrogen-bond acceptors (Lipinski definition) is 2. The monoisotopic (exact) mass is 100 g/mol. The van der Waals surface area contributed by atoms with Crippen molar-refractivity contribution in [3.8, 4) is 0 Å². The predicted octanol–water partition coefficient (Wildman–Crippen LogP) is 0.897. The van der Waals surface area contributed by atoms with Crippen LogP contribution in [-0.4, -0.2) is 17.8 Å². The second-order valence-electron chi connectivity index (χ2n) is 1.28. The molecule has 0 saturated heterocycles. The quantitative estimate of drug-likeness (QED) is 0.445. The highest BCUT2D eigenvalue weighted by molar-refractivity contribution is 8.01. The number of nitrogens with zero attached hydrogens (tertiary/aromatic N) is 1. The first-order valence-corrected chi connectivity index (χ1v) is 2.79. The van der Waals surface area contributed by atoms with E-state index in [1.54, 1.807) is 11.8 Å². The van der Waals surface area contributed by atoms with Gasteiger partial charge in [0.1, 0.15) is 0 Å². The van der Waals surface area contributed by atoms with Crippen LogP contribution in [-0.2, 0) is 0 Å². The van der Waals surface area contributed by atoms with E-state index in [0.717, 1.165) is 5.88 Å². The molecule has 0 bridgehead atoms. The van der Waals surface area contributed by atoms with Crippen LogP contribution in [0.3, 0.4) is 0 Å². The molecular weight excluding hydrogens is 94.1 g/mol. The van der Waals surface area contributed by atoms with Crippen LogP contribution in [0.2, 0.25) is 0 Å². The molecule has 0 fully saturated rings. The van der Waals surface area contributed by atoms with E-state index in [1.165, 1.54) is 0 Å². The molecule has 0 saturated carbocycles. The molecule has 0 unspecified atom stereocenters. The summed E-state index contributed by atoms with van der Waals surface area (Å²) in [6.45, 7) is 0. The standard InChI is InChI=1S/C4H6NS/c1-5-2-3-6-4-5/h2H,4H2,1H3. The summed E-state index contributed by atoms with van der Waals surface area (Å²) in [7, 11) is 2.03. The number of rotatable bonds is 0. The fourth-order valence-electron chi connectivity index (χ4n) is 0.304. The number of hydrogen-bond donors (Lipinski definition) is 0. The van der Waals surface area contributed by atoms with Crippen LogP contribution in [0.5, 0.6) is 0 Å². The van der Waals surface area contributed by atoms with E-state index < -0.39 is 0 Å². The predicted molar refractivity (Wildman–Crippen MR) is 28.0 cm³/mol. The Morgan fingerprint density at radius 3 is 3.00 bits per heavy atom. The maximum Gasteiger partial charge on any atom is 0.0678 e. The fourth-order valence-corrected chi connectivity index (χ4v) is 0.911. The minimum atomic E-state index is 1.07. The molecule has 1 heterocycles. The van der Waals surface area contributed by atoms with Gasteiger partial charge in [-0.2, -0.15) is 0 Å². The van der Waals surface area contributed by atoms with Crippen molar-refractivity contribution in [3.63, 3.8) is 0 Å². The molecule has 0 N–H and O–H groups in total. The van der Waals surface area contributed by atoms with E-state index in [-0.39, 0.29) is 0 Å². The Morgan fingerprint density at radius 1 is 2.00 bits per heavy atom. The average molecular weight is 100 g/mol. The zero-order valence-corrected chi connectivity index (χ0v) is 4.46. The Hall–Kier alpha value is -0.110. The Morgan fingerprint density at radius 2 is 2.83 bits per heavy atom. The minimum absolute atomic E-state index is 1.07. The van der Waals surface area contributed by atoms with Crippen molar-refractivity contribution in [2.24, 2.45) is 0 Å². The Bertz CT molecular complexity index is 69.9. The number of thioether (sulfide) groups is 1. The molecule has 33 valence electrons. The summed E-state index contributed by atoms with van der Waals surface area (Å²) in [5.41, 5.74) is 0. The van der Waals surface area contributed by atoms with Gasteiger partial charge < -0.3 is 4.90 Å². The first kappa shape index (κ1) is 4.06. The molecule has 1 radical (unpaired) electrons. The Kier molecular flexibility index (Phi) is 1.05. The van der Waals surface area contributed by atoms with Crippen LogP contribution in [0.15, 0.2) is 6.20 Å². The molecule has 1 nitrogen and oxygen atoms in total. The molecule has 1 aliphatic heterocycles. The van der Waals surface area contributed by atoms with Gasteiger partial charge in [0.25, 0.3) is 0 Å². The molecule has 0 spiro atoms. The minimum Gasteiger partial charge on any atom is -0.370 e. The Balaban J connectivity index is 2.38. The zero-order chi connectivity index (χ0) is 4.41. The van der Waals surface area contributed by atoms with Crippen molar-refractivity contribution in [1.82, 2.24) is 4.90 Å². The largest absolute Gasteiger partial charge is 0.370 e. The summed E-state index contributed by atoms with van der Waals surface area (Å²) in [4.78, 5) is 2.09. The summed E-state index contributed by atoms with van der Waals surface area (Å²) in [6.07, 6.45) is 1.95. The van der Waals surface area contributed by atoms with Crippen molar-refractivity contribution in [1.29, 1.82) is 0 Å². The highest BCUT2D eigenvalue weighted by atomic mass is 32.2. The Labute approximate surface area is 42.0 Å². The maximum atomic E-state index is 2.99. The molecule has 2 heteroatoms. The molecule has 6 heavy (non-hydrogen) atoms. The van der Waals surface area contributed by atoms with E-state index in [0.29, 0.717) is 0 Å². The van der Waals surface area contributed by atoms with Gasteiger partial charge in [0.15, 0.2) is 0 Å². The second-order valence-corrected chi connectivity index (χ2v) is 2.06. The molecule has 1 rings (SSSR count). The molecule has 0 amide bonds. The average Bonchev–Trinajstić information content (AvgIpc) is 1.86. The van der Waals surface area contributed by atoms with Crippen LogP contribution in [0.1, 0.15) is 0 Å². The second kappa shape index (κ2) is 1.56. The first-order chi connectivity index (χ1) is 2.89. The van der Waals surface area contributed by atoms with Crippen LogP contribution in [0.25, 0.3) is 0 Å². The zero-order valence-electron chi connectivity index (χ0n) is 3.64. The van der Waals surface area contributed by atoms with Crippen LogP contribution < -0.4 is 0 Å². The summed E-state index contributed by atoms with van der Waals surface area (Å²) in [5.74, 6) is 1.07. The van der Waals surface area contributed by atoms with Crippen molar-refractivity contribution in [3.05, 3.63) is 11.6 Å². The van der Waals surface area contributed by atoms with E-state index in [4.69, 9.17) is 0 Å². The summed E-state index contributed by atoms with van der Waals surface area (Å²) >= 11 is 1.70. The van der Waals surface area contributed by atoms with E-state index >= 15 is 0 Å². The third-order valence-corrected chi connectivity index (χ3v) is 1.43. The van der Waals surface area contributed by atoms with Gasteiger partial charge in [-0.1, -0.05) is 0 Å². The lowest BCUT2D eigenvalue weighted by atomic mass is 10.9. The van der Waals surface area contributed by atoms with E-state index in [9.17, 15) is 0 Å². The first-order valence-electron chi connectivity index (χ1n) is 1.80. The normalized spacial score (nSPS) is 19.8. The summed E-state index contributed by atoms with van der Waals surface area (Å²) in [5, 5.41) is 2.99. The van der Waals surface area contributed by atoms with Gasteiger partial charge in [-0.25, -0.2) is 0 Å². The lowest BCUT2D eigenvalue weighted by Gasteiger charge is -2.01. The molecule has 0 aromatic rings. The lowest BCUT2D eigenvalue weighted by molar-refractivity contribution is 0.551. The van der Waals surface area contributed by atoms with Gasteiger partial charge in [0, 0.05) is 18.7 Å². The van der Waals surface area contributed by atoms with Gasteiger partial charge in [-0.05, 0) is 0 Å². The van der Waals surface area contributed by atoms with Crippen molar-refractivity contribution in [2.45, 2.75) is 0 Å². The molecule has 0 aromatic carbocycles. The molecule has 0 aliphatic carbocycles. The fraction of sp³-hybridized carbons (Fsp3) is 0.500.